The molecule has 0 spiro atoms. The number of benzene rings is 2. The first-order valence-corrected chi connectivity index (χ1v) is 7.75. The number of hydrogen-bond acceptors (Lipinski definition) is 4. The summed E-state index contributed by atoms with van der Waals surface area (Å²) in [6.45, 7) is 3.99. The zero-order chi connectivity index (χ0) is 17.8. The van der Waals surface area contributed by atoms with Gasteiger partial charge in [0.15, 0.2) is 0 Å². The van der Waals surface area contributed by atoms with E-state index in [0.29, 0.717) is 11.6 Å². The maximum absolute atomic E-state index is 13.2. The minimum Gasteiger partial charge on any atom is -0.324 e. The lowest BCUT2D eigenvalue weighted by Gasteiger charge is -2.11. The highest BCUT2D eigenvalue weighted by molar-refractivity contribution is 6.03. The van der Waals surface area contributed by atoms with Crippen LogP contribution in [0.1, 0.15) is 21.5 Å². The minimum absolute atomic E-state index is 0.288. The van der Waals surface area contributed by atoms with Crippen molar-refractivity contribution < 1.29 is 9.18 Å². The third kappa shape index (κ3) is 3.98. The molecule has 1 aromatic heterocycles. The molecule has 0 saturated heterocycles. The minimum atomic E-state index is -0.415. The van der Waals surface area contributed by atoms with Crippen LogP contribution in [0.15, 0.2) is 54.9 Å². The Balaban J connectivity index is 1.72. The number of aryl methyl sites for hydroxylation is 2. The maximum atomic E-state index is 13.2. The van der Waals surface area contributed by atoms with Gasteiger partial charge in [0, 0.05) is 23.8 Å². The molecule has 0 unspecified atom stereocenters. The number of aromatic nitrogens is 2. The molecule has 5 nitrogen and oxygen atoms in total. The Morgan fingerprint density at radius 2 is 1.64 bits per heavy atom. The van der Waals surface area contributed by atoms with Gasteiger partial charge in [0.1, 0.15) is 5.82 Å². The summed E-state index contributed by atoms with van der Waals surface area (Å²) in [6.07, 6.45) is 2.86. The lowest BCUT2D eigenvalue weighted by molar-refractivity contribution is 0.102. The number of hydrogen-bond donors (Lipinski definition) is 2. The Hall–Kier alpha value is -3.28. The molecule has 0 radical (unpaired) electrons. The molecule has 3 aromatic rings. The van der Waals surface area contributed by atoms with Crippen molar-refractivity contribution in [1.82, 2.24) is 9.97 Å². The van der Waals surface area contributed by atoms with E-state index in [4.69, 9.17) is 0 Å². The number of halogens is 1. The summed E-state index contributed by atoms with van der Waals surface area (Å²) in [6, 6.07) is 11.7. The van der Waals surface area contributed by atoms with Crippen LogP contribution in [0.5, 0.6) is 0 Å². The van der Waals surface area contributed by atoms with E-state index < -0.39 is 11.7 Å². The van der Waals surface area contributed by atoms with Crippen LogP contribution in [-0.2, 0) is 0 Å². The molecule has 0 atom stereocenters. The number of nitrogens with zero attached hydrogens (tertiary/aromatic N) is 2. The van der Waals surface area contributed by atoms with Gasteiger partial charge in [-0.3, -0.25) is 4.79 Å². The van der Waals surface area contributed by atoms with Crippen LogP contribution in [0.4, 0.5) is 21.7 Å². The summed E-state index contributed by atoms with van der Waals surface area (Å²) in [5, 5.41) is 5.77. The average molecular weight is 336 g/mol. The fourth-order valence-electron chi connectivity index (χ4n) is 2.40. The molecular weight excluding hydrogens is 319 g/mol. The topological polar surface area (TPSA) is 66.9 Å². The second-order valence-corrected chi connectivity index (χ2v) is 5.65. The van der Waals surface area contributed by atoms with Crippen LogP contribution in [0.3, 0.4) is 0 Å². The summed E-state index contributed by atoms with van der Waals surface area (Å²) >= 11 is 0. The van der Waals surface area contributed by atoms with Crippen LogP contribution >= 0.6 is 0 Å². The van der Waals surface area contributed by atoms with Crippen molar-refractivity contribution in [2.75, 3.05) is 10.6 Å². The Bertz CT molecular complexity index is 889. The summed E-state index contributed by atoms with van der Waals surface area (Å²) in [4.78, 5) is 20.5. The zero-order valence-electron chi connectivity index (χ0n) is 13.9. The van der Waals surface area contributed by atoms with E-state index in [2.05, 4.69) is 20.6 Å². The van der Waals surface area contributed by atoms with Crippen LogP contribution in [0.25, 0.3) is 0 Å². The third-order valence-electron chi connectivity index (χ3n) is 3.71. The molecule has 0 aliphatic heterocycles. The van der Waals surface area contributed by atoms with E-state index in [-0.39, 0.29) is 5.56 Å². The molecule has 1 heterocycles. The predicted molar refractivity (Wildman–Crippen MR) is 95.6 cm³/mol. The lowest BCUT2D eigenvalue weighted by Crippen LogP contribution is -2.13. The molecule has 0 aliphatic carbocycles. The van der Waals surface area contributed by atoms with Gasteiger partial charge in [0.05, 0.1) is 5.56 Å². The molecule has 0 saturated carbocycles. The van der Waals surface area contributed by atoms with Crippen molar-refractivity contribution in [3.05, 3.63) is 77.4 Å². The lowest BCUT2D eigenvalue weighted by atomic mass is 10.1. The highest BCUT2D eigenvalue weighted by atomic mass is 19.1. The number of carbonyl (C=O) groups is 1. The van der Waals surface area contributed by atoms with Crippen molar-refractivity contribution in [2.45, 2.75) is 13.8 Å². The number of para-hydroxylation sites is 1. The van der Waals surface area contributed by atoms with Crippen molar-refractivity contribution >= 4 is 23.2 Å². The van der Waals surface area contributed by atoms with Crippen molar-refractivity contribution in [1.29, 1.82) is 0 Å². The SMILES string of the molecule is Cc1cccc(C)c1Nc1ncc(C(=O)Nc2cccc(F)c2)cn1. The van der Waals surface area contributed by atoms with Crippen LogP contribution < -0.4 is 10.6 Å². The van der Waals surface area contributed by atoms with E-state index in [9.17, 15) is 9.18 Å². The molecular formula is C19H17FN4O. The van der Waals surface area contributed by atoms with E-state index >= 15 is 0 Å². The maximum Gasteiger partial charge on any atom is 0.258 e. The number of carbonyl (C=O) groups excluding carboxylic acids is 1. The van der Waals surface area contributed by atoms with Crippen LogP contribution in [0, 0.1) is 19.7 Å². The Kier molecular flexibility index (Phi) is 4.70. The normalized spacial score (nSPS) is 10.4. The average Bonchev–Trinajstić information content (AvgIpc) is 2.59. The van der Waals surface area contributed by atoms with Crippen LogP contribution in [0.2, 0.25) is 0 Å². The van der Waals surface area contributed by atoms with Gasteiger partial charge >= 0.3 is 0 Å². The highest BCUT2D eigenvalue weighted by Gasteiger charge is 2.09. The highest BCUT2D eigenvalue weighted by Crippen LogP contribution is 2.22. The standard InChI is InChI=1S/C19H17FN4O/c1-12-5-3-6-13(2)17(12)24-19-21-10-14(11-22-19)18(25)23-16-8-4-7-15(20)9-16/h3-11H,1-2H3,(H,23,25)(H,21,22,24). The summed E-state index contributed by atoms with van der Waals surface area (Å²) < 4.78 is 13.2. The van der Waals surface area contributed by atoms with Gasteiger partial charge in [-0.25, -0.2) is 14.4 Å². The van der Waals surface area contributed by atoms with E-state index in [0.717, 1.165) is 16.8 Å². The molecule has 1 amide bonds. The molecule has 0 aliphatic rings. The molecule has 126 valence electrons. The summed E-state index contributed by atoms with van der Waals surface area (Å²) in [5.74, 6) is -0.411. The third-order valence-corrected chi connectivity index (χ3v) is 3.71. The Morgan fingerprint density at radius 3 is 2.28 bits per heavy atom. The predicted octanol–water partition coefficient (Wildman–Crippen LogP) is 4.23. The van der Waals surface area contributed by atoms with Crippen LogP contribution in [-0.4, -0.2) is 15.9 Å². The molecule has 3 rings (SSSR count). The summed E-state index contributed by atoms with van der Waals surface area (Å²) in [5.41, 5.74) is 3.77. The molecule has 25 heavy (non-hydrogen) atoms. The molecule has 0 bridgehead atoms. The van der Waals surface area contributed by atoms with Gasteiger partial charge in [0.25, 0.3) is 5.91 Å². The second kappa shape index (κ2) is 7.09. The largest absolute Gasteiger partial charge is 0.324 e. The first kappa shape index (κ1) is 16.6. The van der Waals surface area contributed by atoms with Gasteiger partial charge in [-0.15, -0.1) is 0 Å². The van der Waals surface area contributed by atoms with Gasteiger partial charge in [-0.1, -0.05) is 24.3 Å². The van der Waals surface area contributed by atoms with Gasteiger partial charge in [0.2, 0.25) is 5.95 Å². The van der Waals surface area contributed by atoms with E-state index in [1.54, 1.807) is 6.07 Å². The Morgan fingerprint density at radius 1 is 1.00 bits per heavy atom. The monoisotopic (exact) mass is 336 g/mol. The van der Waals surface area contributed by atoms with E-state index in [1.807, 2.05) is 32.0 Å². The smallest absolute Gasteiger partial charge is 0.258 e. The fourth-order valence-corrected chi connectivity index (χ4v) is 2.40. The fraction of sp³-hybridized carbons (Fsp3) is 0.105. The number of anilines is 3. The number of amides is 1. The van der Waals surface area contributed by atoms with Gasteiger partial charge < -0.3 is 10.6 Å². The molecule has 2 N–H and O–H groups in total. The van der Waals surface area contributed by atoms with Gasteiger partial charge in [-0.05, 0) is 43.2 Å². The quantitative estimate of drug-likeness (QED) is 0.748. The van der Waals surface area contributed by atoms with Crippen molar-refractivity contribution in [3.63, 3.8) is 0 Å². The van der Waals surface area contributed by atoms with Crippen molar-refractivity contribution in [3.8, 4) is 0 Å². The zero-order valence-corrected chi connectivity index (χ0v) is 13.9. The van der Waals surface area contributed by atoms with E-state index in [1.165, 1.54) is 30.6 Å². The number of rotatable bonds is 4. The Labute approximate surface area is 145 Å². The number of nitrogens with one attached hydrogen (secondary N) is 2. The molecule has 6 heteroatoms. The van der Waals surface area contributed by atoms with Gasteiger partial charge in [-0.2, -0.15) is 0 Å². The second-order valence-electron chi connectivity index (χ2n) is 5.65. The van der Waals surface area contributed by atoms with Crippen molar-refractivity contribution in [2.24, 2.45) is 0 Å². The molecule has 0 fully saturated rings. The molecule has 2 aromatic carbocycles. The first-order chi connectivity index (χ1) is 12.0. The first-order valence-electron chi connectivity index (χ1n) is 7.75. The summed E-state index contributed by atoms with van der Waals surface area (Å²) in [7, 11) is 0.